The lowest BCUT2D eigenvalue weighted by atomic mass is 10.1. The first-order valence-corrected chi connectivity index (χ1v) is 7.07. The molecular formula is C12H17NO3S. The van der Waals surface area contributed by atoms with Crippen LogP contribution in [0.1, 0.15) is 22.8 Å². The Labute approximate surface area is 104 Å². The Morgan fingerprint density at radius 2 is 2.24 bits per heavy atom. The zero-order valence-corrected chi connectivity index (χ0v) is 10.8. The van der Waals surface area contributed by atoms with Crippen LogP contribution in [0.2, 0.25) is 0 Å². The van der Waals surface area contributed by atoms with Gasteiger partial charge in [0.05, 0.1) is 5.56 Å². The third kappa shape index (κ3) is 5.10. The van der Waals surface area contributed by atoms with Gasteiger partial charge in [0.2, 0.25) is 0 Å². The van der Waals surface area contributed by atoms with E-state index in [9.17, 15) is 9.00 Å². The van der Waals surface area contributed by atoms with E-state index in [1.54, 1.807) is 24.5 Å². The summed E-state index contributed by atoms with van der Waals surface area (Å²) in [5.41, 5.74) is 1.20. The molecule has 0 fully saturated rings. The molecule has 0 spiro atoms. The van der Waals surface area contributed by atoms with Gasteiger partial charge in [-0.2, -0.15) is 0 Å². The van der Waals surface area contributed by atoms with E-state index >= 15 is 0 Å². The van der Waals surface area contributed by atoms with Gasteiger partial charge in [0.25, 0.3) is 0 Å². The summed E-state index contributed by atoms with van der Waals surface area (Å²) in [4.78, 5) is 10.8. The fraction of sp³-hybridized carbons (Fsp3) is 0.417. The summed E-state index contributed by atoms with van der Waals surface area (Å²) in [6.45, 7) is 2.54. The molecule has 2 N–H and O–H groups in total. The van der Waals surface area contributed by atoms with Crippen molar-refractivity contribution < 1.29 is 14.1 Å². The van der Waals surface area contributed by atoms with Gasteiger partial charge in [0.1, 0.15) is 0 Å². The molecule has 1 rings (SSSR count). The number of aromatic carboxylic acids is 1. The number of benzene rings is 1. The molecule has 1 aromatic carbocycles. The van der Waals surface area contributed by atoms with Gasteiger partial charge < -0.3 is 10.4 Å². The second-order valence-electron chi connectivity index (χ2n) is 4.03. The normalized spacial score (nSPS) is 14.2. The second-order valence-corrected chi connectivity index (χ2v) is 5.51. The average Bonchev–Trinajstić information content (AvgIpc) is 2.26. The number of nitrogens with one attached hydrogen (secondary N) is 1. The molecule has 0 aromatic heterocycles. The molecule has 0 heterocycles. The van der Waals surface area contributed by atoms with E-state index < -0.39 is 16.8 Å². The molecule has 2 atom stereocenters. The molecule has 0 aliphatic heterocycles. The van der Waals surface area contributed by atoms with Crippen LogP contribution in [0.15, 0.2) is 24.3 Å². The van der Waals surface area contributed by atoms with Crippen molar-refractivity contribution in [1.29, 1.82) is 0 Å². The largest absolute Gasteiger partial charge is 0.478 e. The van der Waals surface area contributed by atoms with E-state index in [2.05, 4.69) is 5.32 Å². The van der Waals surface area contributed by atoms with Crippen molar-refractivity contribution in [2.24, 2.45) is 0 Å². The van der Waals surface area contributed by atoms with Gasteiger partial charge in [-0.05, 0) is 24.6 Å². The maximum Gasteiger partial charge on any atom is 0.335 e. The highest BCUT2D eigenvalue weighted by Crippen LogP contribution is 2.05. The standard InChI is InChI=1S/C12H17NO3S/c1-9(8-17(2)16)13-7-10-4-3-5-11(6-10)12(14)15/h3-6,9,13H,7-8H2,1-2H3,(H,14,15). The number of carboxylic acid groups (broad SMARTS) is 1. The highest BCUT2D eigenvalue weighted by Gasteiger charge is 2.06. The molecule has 0 radical (unpaired) electrons. The Bertz CT molecular complexity index is 420. The molecule has 0 saturated heterocycles. The van der Waals surface area contributed by atoms with Gasteiger partial charge in [-0.1, -0.05) is 12.1 Å². The SMILES string of the molecule is CC(CS(C)=O)NCc1cccc(C(=O)O)c1. The van der Waals surface area contributed by atoms with E-state index in [-0.39, 0.29) is 11.6 Å². The van der Waals surface area contributed by atoms with Crippen molar-refractivity contribution in [3.63, 3.8) is 0 Å². The highest BCUT2D eigenvalue weighted by molar-refractivity contribution is 7.84. The Morgan fingerprint density at radius 1 is 1.53 bits per heavy atom. The maximum atomic E-state index is 11.0. The van der Waals surface area contributed by atoms with Crippen LogP contribution in [0.3, 0.4) is 0 Å². The molecule has 1 aromatic rings. The summed E-state index contributed by atoms with van der Waals surface area (Å²) in [5, 5.41) is 12.1. The molecule has 17 heavy (non-hydrogen) atoms. The van der Waals surface area contributed by atoms with Crippen LogP contribution in [0, 0.1) is 0 Å². The monoisotopic (exact) mass is 255 g/mol. The van der Waals surface area contributed by atoms with Gasteiger partial charge in [0, 0.05) is 35.4 Å². The van der Waals surface area contributed by atoms with Gasteiger partial charge in [0.15, 0.2) is 0 Å². The molecular weight excluding hydrogens is 238 g/mol. The first-order chi connectivity index (χ1) is 7.99. The first kappa shape index (κ1) is 13.9. The Morgan fingerprint density at radius 3 is 2.82 bits per heavy atom. The highest BCUT2D eigenvalue weighted by atomic mass is 32.2. The number of hydrogen-bond donors (Lipinski definition) is 2. The predicted molar refractivity (Wildman–Crippen MR) is 68.6 cm³/mol. The van der Waals surface area contributed by atoms with Crippen molar-refractivity contribution in [3.05, 3.63) is 35.4 Å². The molecule has 94 valence electrons. The average molecular weight is 255 g/mol. The van der Waals surface area contributed by atoms with E-state index in [0.717, 1.165) is 5.56 Å². The summed E-state index contributed by atoms with van der Waals surface area (Å²) in [7, 11) is -0.822. The molecule has 2 unspecified atom stereocenters. The lowest BCUT2D eigenvalue weighted by molar-refractivity contribution is 0.0696. The molecule has 5 heteroatoms. The zero-order valence-electron chi connectivity index (χ0n) is 9.97. The molecule has 0 amide bonds. The van der Waals surface area contributed by atoms with Gasteiger partial charge in [-0.25, -0.2) is 4.79 Å². The Kier molecular flexibility index (Phi) is 5.31. The van der Waals surface area contributed by atoms with Crippen LogP contribution in [0.25, 0.3) is 0 Å². The molecule has 0 aliphatic carbocycles. The molecule has 0 saturated carbocycles. The minimum atomic E-state index is -0.922. The summed E-state index contributed by atoms with van der Waals surface area (Å²) >= 11 is 0. The van der Waals surface area contributed by atoms with E-state index in [1.807, 2.05) is 13.0 Å². The minimum absolute atomic E-state index is 0.148. The van der Waals surface area contributed by atoms with Crippen LogP contribution in [0.5, 0.6) is 0 Å². The summed E-state index contributed by atoms with van der Waals surface area (Å²) in [6, 6.07) is 6.95. The molecule has 0 aliphatic rings. The van der Waals surface area contributed by atoms with Gasteiger partial charge in [-0.3, -0.25) is 4.21 Å². The van der Waals surface area contributed by atoms with Crippen LogP contribution in [-0.4, -0.2) is 33.3 Å². The smallest absolute Gasteiger partial charge is 0.335 e. The van der Waals surface area contributed by atoms with Crippen LogP contribution < -0.4 is 5.32 Å². The van der Waals surface area contributed by atoms with Gasteiger partial charge >= 0.3 is 5.97 Å². The van der Waals surface area contributed by atoms with Crippen molar-refractivity contribution in [2.45, 2.75) is 19.5 Å². The third-order valence-electron chi connectivity index (χ3n) is 2.31. The lowest BCUT2D eigenvalue weighted by Gasteiger charge is -2.12. The summed E-state index contributed by atoms with van der Waals surface area (Å²) in [5.74, 6) is -0.326. The van der Waals surface area contributed by atoms with E-state index in [0.29, 0.717) is 12.3 Å². The number of hydrogen-bond acceptors (Lipinski definition) is 3. The second kappa shape index (κ2) is 6.51. The van der Waals surface area contributed by atoms with Crippen LogP contribution in [0.4, 0.5) is 0 Å². The Hall–Kier alpha value is -1.20. The zero-order chi connectivity index (χ0) is 12.8. The minimum Gasteiger partial charge on any atom is -0.478 e. The van der Waals surface area contributed by atoms with Crippen molar-refractivity contribution >= 4 is 16.8 Å². The van der Waals surface area contributed by atoms with Crippen molar-refractivity contribution in [2.75, 3.05) is 12.0 Å². The molecule has 0 bridgehead atoms. The van der Waals surface area contributed by atoms with Crippen LogP contribution >= 0.6 is 0 Å². The number of rotatable bonds is 6. The van der Waals surface area contributed by atoms with Crippen molar-refractivity contribution in [3.8, 4) is 0 Å². The summed E-state index contributed by atoms with van der Waals surface area (Å²) in [6.07, 6.45) is 1.67. The molecule has 4 nitrogen and oxygen atoms in total. The number of carboxylic acids is 1. The van der Waals surface area contributed by atoms with Crippen molar-refractivity contribution in [1.82, 2.24) is 5.32 Å². The van der Waals surface area contributed by atoms with E-state index in [4.69, 9.17) is 5.11 Å². The fourth-order valence-corrected chi connectivity index (χ4v) is 2.34. The summed E-state index contributed by atoms with van der Waals surface area (Å²) < 4.78 is 11.0. The third-order valence-corrected chi connectivity index (χ3v) is 3.28. The lowest BCUT2D eigenvalue weighted by Crippen LogP contribution is -2.30. The predicted octanol–water partition coefficient (Wildman–Crippen LogP) is 1.24. The maximum absolute atomic E-state index is 11.0. The topological polar surface area (TPSA) is 66.4 Å². The number of carbonyl (C=O) groups is 1. The van der Waals surface area contributed by atoms with E-state index in [1.165, 1.54) is 0 Å². The Balaban J connectivity index is 2.54. The first-order valence-electron chi connectivity index (χ1n) is 5.34. The fourth-order valence-electron chi connectivity index (χ4n) is 1.52. The van der Waals surface area contributed by atoms with Crippen LogP contribution in [-0.2, 0) is 17.3 Å². The quantitative estimate of drug-likeness (QED) is 0.802. The van der Waals surface area contributed by atoms with Gasteiger partial charge in [-0.15, -0.1) is 0 Å².